The lowest BCUT2D eigenvalue weighted by molar-refractivity contribution is -0.134. The van der Waals surface area contributed by atoms with E-state index in [-0.39, 0.29) is 18.4 Å². The van der Waals surface area contributed by atoms with E-state index in [0.29, 0.717) is 39.3 Å². The van der Waals surface area contributed by atoms with E-state index in [0.717, 1.165) is 23.3 Å². The molecule has 0 spiro atoms. The van der Waals surface area contributed by atoms with Crippen molar-refractivity contribution in [3.8, 4) is 16.9 Å². The minimum absolute atomic E-state index is 0.193. The summed E-state index contributed by atoms with van der Waals surface area (Å²) in [6.45, 7) is 1.76. The molecule has 178 valence electrons. The third-order valence-electron chi connectivity index (χ3n) is 6.01. The van der Waals surface area contributed by atoms with E-state index in [1.807, 2.05) is 6.07 Å². The monoisotopic (exact) mass is 506 g/mol. The summed E-state index contributed by atoms with van der Waals surface area (Å²) in [7, 11) is 0. The first kappa shape index (κ1) is 23.0. The Bertz CT molecular complexity index is 1250. The molecule has 5 rings (SSSR count). The molecule has 2 aliphatic carbocycles. The van der Waals surface area contributed by atoms with E-state index in [9.17, 15) is 18.7 Å². The Hall–Kier alpha value is -2.78. The number of aromatic nitrogens is 1. The van der Waals surface area contributed by atoms with Crippen LogP contribution in [0.3, 0.4) is 0 Å². The van der Waals surface area contributed by atoms with Crippen molar-refractivity contribution in [3.63, 3.8) is 0 Å². The Morgan fingerprint density at radius 3 is 2.65 bits per heavy atom. The van der Waals surface area contributed by atoms with E-state index < -0.39 is 18.0 Å². The summed E-state index contributed by atoms with van der Waals surface area (Å²) in [6.07, 6.45) is 2.36. The first-order valence-corrected chi connectivity index (χ1v) is 12.0. The number of alkyl halides is 2. The SMILES string of the molecule is Cc1oncc1-c1cc(NSc2cc(C(=O)O)ccc2C2CC2)c(OC2CC(F)(F)C2)cc1Cl. The van der Waals surface area contributed by atoms with Gasteiger partial charge in [0.05, 0.1) is 22.5 Å². The van der Waals surface area contributed by atoms with Crippen molar-refractivity contribution in [1.82, 2.24) is 5.16 Å². The lowest BCUT2D eigenvalue weighted by Gasteiger charge is -2.35. The van der Waals surface area contributed by atoms with E-state index in [2.05, 4.69) is 9.88 Å². The lowest BCUT2D eigenvalue weighted by Crippen LogP contribution is -2.43. The zero-order valence-corrected chi connectivity index (χ0v) is 19.7. The molecule has 6 nitrogen and oxygen atoms in total. The van der Waals surface area contributed by atoms with Crippen LogP contribution in [0.4, 0.5) is 14.5 Å². The average molecular weight is 507 g/mol. The predicted octanol–water partition coefficient (Wildman–Crippen LogP) is 7.17. The second-order valence-corrected chi connectivity index (χ2v) is 9.92. The fraction of sp³-hybridized carbons (Fsp3) is 0.333. The molecule has 2 aromatic carbocycles. The van der Waals surface area contributed by atoms with Crippen molar-refractivity contribution < 1.29 is 27.9 Å². The summed E-state index contributed by atoms with van der Waals surface area (Å²) in [5.41, 5.74) is 3.15. The highest BCUT2D eigenvalue weighted by atomic mass is 35.5. The third-order valence-corrected chi connectivity index (χ3v) is 7.21. The van der Waals surface area contributed by atoms with Crippen molar-refractivity contribution in [2.75, 3.05) is 4.72 Å². The van der Waals surface area contributed by atoms with E-state index in [1.165, 1.54) is 11.9 Å². The van der Waals surface area contributed by atoms with Crippen LogP contribution in [0.1, 0.15) is 53.3 Å². The first-order chi connectivity index (χ1) is 16.2. The number of nitrogens with one attached hydrogen (secondary N) is 1. The van der Waals surface area contributed by atoms with Gasteiger partial charge in [-0.2, -0.15) is 0 Å². The summed E-state index contributed by atoms with van der Waals surface area (Å²) in [4.78, 5) is 12.3. The van der Waals surface area contributed by atoms with Crippen molar-refractivity contribution >= 4 is 35.2 Å². The fourth-order valence-corrected chi connectivity index (χ4v) is 5.14. The van der Waals surface area contributed by atoms with Crippen molar-refractivity contribution in [1.29, 1.82) is 0 Å². The van der Waals surface area contributed by atoms with Crippen LogP contribution >= 0.6 is 23.5 Å². The number of anilines is 1. The molecule has 2 fully saturated rings. The van der Waals surface area contributed by atoms with Gasteiger partial charge >= 0.3 is 5.97 Å². The van der Waals surface area contributed by atoms with Crippen LogP contribution in [0.25, 0.3) is 11.1 Å². The van der Waals surface area contributed by atoms with Gasteiger partial charge in [0.2, 0.25) is 0 Å². The van der Waals surface area contributed by atoms with Gasteiger partial charge < -0.3 is 19.1 Å². The molecule has 3 aromatic rings. The van der Waals surface area contributed by atoms with Gasteiger partial charge in [-0.3, -0.25) is 0 Å². The second kappa shape index (κ2) is 8.78. The number of aromatic carboxylic acids is 1. The molecule has 1 heterocycles. The molecule has 1 aromatic heterocycles. The normalized spacial score (nSPS) is 17.3. The van der Waals surface area contributed by atoms with Crippen LogP contribution in [0.5, 0.6) is 5.75 Å². The smallest absolute Gasteiger partial charge is 0.335 e. The molecule has 34 heavy (non-hydrogen) atoms. The minimum atomic E-state index is -2.72. The average Bonchev–Trinajstić information content (AvgIpc) is 3.52. The van der Waals surface area contributed by atoms with Gasteiger partial charge in [-0.1, -0.05) is 22.8 Å². The maximum absolute atomic E-state index is 13.4. The van der Waals surface area contributed by atoms with Crippen LogP contribution in [0.2, 0.25) is 5.02 Å². The van der Waals surface area contributed by atoms with Gasteiger partial charge in [0, 0.05) is 34.9 Å². The molecule has 10 heteroatoms. The maximum Gasteiger partial charge on any atom is 0.335 e. The molecular weight excluding hydrogens is 486 g/mol. The number of ether oxygens (including phenoxy) is 1. The molecule has 0 bridgehead atoms. The van der Waals surface area contributed by atoms with E-state index in [1.54, 1.807) is 37.4 Å². The lowest BCUT2D eigenvalue weighted by atomic mass is 9.91. The largest absolute Gasteiger partial charge is 0.488 e. The highest BCUT2D eigenvalue weighted by molar-refractivity contribution is 8.00. The van der Waals surface area contributed by atoms with Crippen LogP contribution in [0.15, 0.2) is 45.9 Å². The number of hydrogen-bond acceptors (Lipinski definition) is 6. The topological polar surface area (TPSA) is 84.6 Å². The van der Waals surface area contributed by atoms with Gasteiger partial charge in [0.1, 0.15) is 17.6 Å². The van der Waals surface area contributed by atoms with Gasteiger partial charge in [-0.25, -0.2) is 13.6 Å². The number of aryl methyl sites for hydroxylation is 1. The predicted molar refractivity (Wildman–Crippen MR) is 125 cm³/mol. The van der Waals surface area contributed by atoms with E-state index in [4.69, 9.17) is 20.9 Å². The van der Waals surface area contributed by atoms with Crippen molar-refractivity contribution in [2.45, 2.75) is 55.4 Å². The number of halogens is 3. The highest BCUT2D eigenvalue weighted by Gasteiger charge is 2.47. The number of rotatable bonds is 8. The van der Waals surface area contributed by atoms with Crippen LogP contribution < -0.4 is 9.46 Å². The number of nitrogens with zero attached hydrogens (tertiary/aromatic N) is 1. The van der Waals surface area contributed by atoms with Gasteiger partial charge in [0.25, 0.3) is 5.92 Å². The number of carbonyl (C=O) groups is 1. The quantitative estimate of drug-likeness (QED) is 0.313. The Morgan fingerprint density at radius 1 is 1.26 bits per heavy atom. The van der Waals surface area contributed by atoms with Crippen molar-refractivity contribution in [3.05, 3.63) is 58.4 Å². The van der Waals surface area contributed by atoms with Crippen molar-refractivity contribution in [2.24, 2.45) is 0 Å². The summed E-state index contributed by atoms with van der Waals surface area (Å²) >= 11 is 7.77. The number of carboxylic acid groups (broad SMARTS) is 1. The molecule has 2 saturated carbocycles. The van der Waals surface area contributed by atoms with Gasteiger partial charge in [-0.15, -0.1) is 0 Å². The Labute approximate surface area is 203 Å². The zero-order chi connectivity index (χ0) is 24.0. The Kier molecular flexibility index (Phi) is 5.93. The number of benzene rings is 2. The molecule has 0 unspecified atom stereocenters. The Balaban J connectivity index is 1.47. The summed E-state index contributed by atoms with van der Waals surface area (Å²) in [6, 6.07) is 8.46. The number of carboxylic acids is 1. The van der Waals surface area contributed by atoms with Gasteiger partial charge in [0.15, 0.2) is 0 Å². The molecular formula is C24H21ClF2N2O4S. The van der Waals surface area contributed by atoms with Crippen LogP contribution in [-0.4, -0.2) is 28.3 Å². The summed E-state index contributed by atoms with van der Waals surface area (Å²) < 4.78 is 41.0. The summed E-state index contributed by atoms with van der Waals surface area (Å²) in [5.74, 6) is -2.39. The van der Waals surface area contributed by atoms with Crippen LogP contribution in [-0.2, 0) is 0 Å². The highest BCUT2D eigenvalue weighted by Crippen LogP contribution is 2.47. The third kappa shape index (κ3) is 4.72. The molecule has 2 N–H and O–H groups in total. The molecule has 0 amide bonds. The number of hydrogen-bond donors (Lipinski definition) is 2. The standard InChI is InChI=1S/C24H21ClF2N2O4S/c1-12-18(11-28-33-12)17-7-20(21(8-19(17)25)32-15-9-24(26,27)10-15)29-34-22-6-14(23(30)31)4-5-16(22)13-2-3-13/h4-8,11,13,15,29H,2-3,9-10H2,1H3,(H,30,31). The molecule has 2 aliphatic rings. The fourth-order valence-electron chi connectivity index (χ4n) is 3.96. The molecule has 0 saturated heterocycles. The minimum Gasteiger partial charge on any atom is -0.488 e. The Morgan fingerprint density at radius 2 is 2.03 bits per heavy atom. The van der Waals surface area contributed by atoms with E-state index >= 15 is 0 Å². The summed E-state index contributed by atoms with van der Waals surface area (Å²) in [5, 5.41) is 13.6. The zero-order valence-electron chi connectivity index (χ0n) is 18.1. The maximum atomic E-state index is 13.4. The first-order valence-electron chi connectivity index (χ1n) is 10.8. The second-order valence-electron chi connectivity index (χ2n) is 8.66. The molecule has 0 aliphatic heterocycles. The van der Waals surface area contributed by atoms with Crippen LogP contribution in [0, 0.1) is 6.92 Å². The van der Waals surface area contributed by atoms with Gasteiger partial charge in [-0.05, 0) is 61.4 Å². The molecule has 0 radical (unpaired) electrons. The molecule has 0 atom stereocenters.